The fourth-order valence-electron chi connectivity index (χ4n) is 3.90. The van der Waals surface area contributed by atoms with E-state index >= 15 is 0 Å². The molecule has 1 saturated carbocycles. The number of hydrogen-bond donors (Lipinski definition) is 0. The van der Waals surface area contributed by atoms with Crippen molar-refractivity contribution in [3.63, 3.8) is 0 Å². The summed E-state index contributed by atoms with van der Waals surface area (Å²) in [7, 11) is 1.60. The molecule has 9 heteroatoms. The zero-order valence-corrected chi connectivity index (χ0v) is 20.6. The highest BCUT2D eigenvalue weighted by molar-refractivity contribution is 7.16. The van der Waals surface area contributed by atoms with Gasteiger partial charge in [0.15, 0.2) is 16.5 Å². The van der Waals surface area contributed by atoms with Gasteiger partial charge in [-0.15, -0.1) is 11.3 Å². The van der Waals surface area contributed by atoms with Crippen LogP contribution in [0.15, 0.2) is 53.5 Å². The molecule has 0 atom stereocenters. The summed E-state index contributed by atoms with van der Waals surface area (Å²) < 4.78 is 42.7. The summed E-state index contributed by atoms with van der Waals surface area (Å²) >= 11 is 1.41. The van der Waals surface area contributed by atoms with Crippen LogP contribution < -0.4 is 19.8 Å². The summed E-state index contributed by atoms with van der Waals surface area (Å²) in [5.74, 6) is 1.86. The maximum atomic E-state index is 13.5. The molecule has 1 aliphatic carbocycles. The molecule has 6 nitrogen and oxygen atoms in total. The number of aromatic nitrogens is 2. The van der Waals surface area contributed by atoms with Crippen LogP contribution in [0.25, 0.3) is 28.2 Å². The Balaban J connectivity index is 1.58. The van der Waals surface area contributed by atoms with Gasteiger partial charge in [0.1, 0.15) is 5.75 Å². The van der Waals surface area contributed by atoms with Crippen LogP contribution in [0.5, 0.6) is 17.2 Å². The van der Waals surface area contributed by atoms with Crippen LogP contribution in [-0.4, -0.2) is 29.7 Å². The van der Waals surface area contributed by atoms with Crippen LogP contribution in [0.2, 0.25) is 0 Å². The molecule has 0 aliphatic heterocycles. The Bertz CT molecular complexity index is 1470. The zero-order chi connectivity index (χ0) is 25.2. The molecule has 2 heterocycles. The van der Waals surface area contributed by atoms with E-state index in [2.05, 4.69) is 4.74 Å². The van der Waals surface area contributed by atoms with Gasteiger partial charge in [-0.05, 0) is 61.6 Å². The number of thiazole rings is 1. The lowest BCUT2D eigenvalue weighted by molar-refractivity contribution is -0.0498. The Morgan fingerprint density at radius 1 is 1.17 bits per heavy atom. The number of halogens is 2. The van der Waals surface area contributed by atoms with Gasteiger partial charge in [-0.2, -0.15) is 8.78 Å². The number of nitrogens with zero attached hydrogens (tertiary/aromatic N) is 2. The van der Waals surface area contributed by atoms with E-state index in [1.807, 2.05) is 31.2 Å². The second-order valence-corrected chi connectivity index (χ2v) is 9.75. The molecule has 0 bridgehead atoms. The third kappa shape index (κ3) is 5.11. The summed E-state index contributed by atoms with van der Waals surface area (Å²) in [6, 6.07) is 11.6. The first kappa shape index (κ1) is 24.0. The molecule has 2 aromatic heterocycles. The summed E-state index contributed by atoms with van der Waals surface area (Å²) in [6.45, 7) is -0.394. The summed E-state index contributed by atoms with van der Waals surface area (Å²) in [5, 5.41) is 0. The van der Waals surface area contributed by atoms with Crippen molar-refractivity contribution in [1.29, 1.82) is 0 Å². The average Bonchev–Trinajstić information content (AvgIpc) is 3.61. The van der Waals surface area contributed by atoms with Gasteiger partial charge < -0.3 is 14.2 Å². The smallest absolute Gasteiger partial charge is 0.387 e. The fraction of sp³-hybridized carbons (Fsp3) is 0.259. The van der Waals surface area contributed by atoms with Crippen molar-refractivity contribution in [3.05, 3.63) is 75.1 Å². The van der Waals surface area contributed by atoms with E-state index in [1.165, 1.54) is 40.7 Å². The molecule has 36 heavy (non-hydrogen) atoms. The number of fused-ring (bicyclic) bond motifs is 1. The number of hydrogen-bond acceptors (Lipinski definition) is 6. The summed E-state index contributed by atoms with van der Waals surface area (Å²) in [5.41, 5.74) is 1.91. The van der Waals surface area contributed by atoms with Crippen LogP contribution in [-0.2, 0) is 0 Å². The third-order valence-corrected chi connectivity index (χ3v) is 6.75. The van der Waals surface area contributed by atoms with Crippen molar-refractivity contribution in [3.8, 4) is 28.4 Å². The van der Waals surface area contributed by atoms with Crippen molar-refractivity contribution in [2.24, 2.45) is 5.92 Å². The predicted octanol–water partition coefficient (Wildman–Crippen LogP) is 6.30. The molecular weight excluding hydrogens is 486 g/mol. The molecule has 5 rings (SSSR count). The van der Waals surface area contributed by atoms with E-state index in [1.54, 1.807) is 31.5 Å². The molecular formula is C27H24F2N2O4S. The van der Waals surface area contributed by atoms with Gasteiger partial charge in [0.2, 0.25) is 0 Å². The topological polar surface area (TPSA) is 62.1 Å². The van der Waals surface area contributed by atoms with Crippen molar-refractivity contribution in [1.82, 2.24) is 9.38 Å². The number of ether oxygens (including phenoxy) is 3. The molecule has 1 fully saturated rings. The molecule has 2 aromatic carbocycles. The van der Waals surface area contributed by atoms with Crippen LogP contribution in [0.4, 0.5) is 8.78 Å². The first-order valence-corrected chi connectivity index (χ1v) is 12.3. The standard InChI is InChI=1S/C27H24F2N2O4S/c1-16-14-31-25(32)23(18-8-11-20(12-9-18)35-26(28)29)21(30-27(31)36-16)13-10-19-4-3-5-22(33-2)24(19)34-15-17-6-7-17/h3-5,8-14,17,26H,6-7,15H2,1-2H3/b13-10+. The maximum absolute atomic E-state index is 13.5. The van der Waals surface area contributed by atoms with Crippen molar-refractivity contribution >= 4 is 28.4 Å². The van der Waals surface area contributed by atoms with E-state index in [0.717, 1.165) is 10.4 Å². The number of rotatable bonds is 9. The number of aryl methyl sites for hydroxylation is 1. The highest BCUT2D eigenvalue weighted by Crippen LogP contribution is 2.36. The van der Waals surface area contributed by atoms with Gasteiger partial charge in [-0.25, -0.2) is 4.98 Å². The second kappa shape index (κ2) is 10.1. The number of methoxy groups -OCH3 is 1. The molecule has 0 amide bonds. The number of para-hydroxylation sites is 1. The minimum absolute atomic E-state index is 0.0141. The fourth-order valence-corrected chi connectivity index (χ4v) is 4.72. The Morgan fingerprint density at radius 3 is 2.64 bits per heavy atom. The first-order valence-electron chi connectivity index (χ1n) is 11.5. The SMILES string of the molecule is COc1cccc(/C=C/c2nc3sc(C)cn3c(=O)c2-c2ccc(OC(F)F)cc2)c1OCC1CC1. The number of alkyl halides is 2. The number of benzene rings is 2. The normalized spacial score (nSPS) is 13.6. The highest BCUT2D eigenvalue weighted by atomic mass is 32.1. The first-order chi connectivity index (χ1) is 17.4. The van der Waals surface area contributed by atoms with Gasteiger partial charge in [0.25, 0.3) is 5.56 Å². The lowest BCUT2D eigenvalue weighted by atomic mass is 10.0. The van der Waals surface area contributed by atoms with Crippen LogP contribution >= 0.6 is 11.3 Å². The summed E-state index contributed by atoms with van der Waals surface area (Å²) in [4.78, 5) is 19.7. The summed E-state index contributed by atoms with van der Waals surface area (Å²) in [6.07, 6.45) is 7.69. The van der Waals surface area contributed by atoms with Crippen molar-refractivity contribution < 1.29 is 23.0 Å². The van der Waals surface area contributed by atoms with Gasteiger partial charge in [0.05, 0.1) is 25.0 Å². The van der Waals surface area contributed by atoms with E-state index < -0.39 is 6.61 Å². The predicted molar refractivity (Wildman–Crippen MR) is 136 cm³/mol. The third-order valence-electron chi connectivity index (χ3n) is 5.85. The molecule has 0 unspecified atom stereocenters. The molecule has 0 N–H and O–H groups in total. The minimum Gasteiger partial charge on any atom is -0.493 e. The Labute approximate surface area is 210 Å². The molecule has 1 aliphatic rings. The lowest BCUT2D eigenvalue weighted by Crippen LogP contribution is -2.17. The average molecular weight is 511 g/mol. The molecule has 0 spiro atoms. The largest absolute Gasteiger partial charge is 0.493 e. The lowest BCUT2D eigenvalue weighted by Gasteiger charge is -2.13. The van der Waals surface area contributed by atoms with E-state index in [0.29, 0.717) is 45.8 Å². The monoisotopic (exact) mass is 510 g/mol. The van der Waals surface area contributed by atoms with Crippen molar-refractivity contribution in [2.45, 2.75) is 26.4 Å². The highest BCUT2D eigenvalue weighted by Gasteiger charge is 2.23. The van der Waals surface area contributed by atoms with Crippen LogP contribution in [0, 0.1) is 12.8 Å². The molecule has 186 valence electrons. The molecule has 0 saturated heterocycles. The van der Waals surface area contributed by atoms with Crippen LogP contribution in [0.1, 0.15) is 29.0 Å². The maximum Gasteiger partial charge on any atom is 0.387 e. The van der Waals surface area contributed by atoms with E-state index in [-0.39, 0.29) is 11.3 Å². The van der Waals surface area contributed by atoms with E-state index in [4.69, 9.17) is 14.5 Å². The quantitative estimate of drug-likeness (QED) is 0.264. The van der Waals surface area contributed by atoms with E-state index in [9.17, 15) is 13.6 Å². The Kier molecular flexibility index (Phi) is 6.73. The molecule has 4 aromatic rings. The van der Waals surface area contributed by atoms with Crippen molar-refractivity contribution in [2.75, 3.05) is 13.7 Å². The Morgan fingerprint density at radius 2 is 1.94 bits per heavy atom. The van der Waals surface area contributed by atoms with Gasteiger partial charge >= 0.3 is 6.61 Å². The zero-order valence-electron chi connectivity index (χ0n) is 19.7. The molecule has 0 radical (unpaired) electrons. The second-order valence-electron chi connectivity index (χ2n) is 8.54. The van der Waals surface area contributed by atoms with Gasteiger partial charge in [0, 0.05) is 16.6 Å². The van der Waals surface area contributed by atoms with Crippen LogP contribution in [0.3, 0.4) is 0 Å². The van der Waals surface area contributed by atoms with Gasteiger partial charge in [-0.3, -0.25) is 9.20 Å². The van der Waals surface area contributed by atoms with Gasteiger partial charge in [-0.1, -0.05) is 24.3 Å². The minimum atomic E-state index is -2.93. The Hall–Kier alpha value is -3.72.